The quantitative estimate of drug-likeness (QED) is 0.489. The molecule has 7 unspecified atom stereocenters. The Bertz CT molecular complexity index is 435. The van der Waals surface area contributed by atoms with E-state index in [0.29, 0.717) is 10.8 Å². The molecule has 0 N–H and O–H groups in total. The Morgan fingerprint density at radius 3 is 2.36 bits per heavy atom. The average Bonchev–Trinajstić information content (AvgIpc) is 2.45. The summed E-state index contributed by atoms with van der Waals surface area (Å²) in [6.07, 6.45) is 11.7. The summed E-state index contributed by atoms with van der Waals surface area (Å²) in [6.45, 7) is 16.8. The number of fused-ring (bicyclic) bond motifs is 3. The highest BCUT2D eigenvalue weighted by Crippen LogP contribution is 2.63. The van der Waals surface area contributed by atoms with Gasteiger partial charge in [-0.05, 0) is 85.9 Å². The lowest BCUT2D eigenvalue weighted by Gasteiger charge is -2.60. The summed E-state index contributed by atoms with van der Waals surface area (Å²) >= 11 is 0. The second-order valence-corrected chi connectivity index (χ2v) is 9.76. The van der Waals surface area contributed by atoms with Crippen LogP contribution in [0.4, 0.5) is 0 Å². The fraction of sp³-hybridized carbons (Fsp3) is 0.909. The molecular weight excluding hydrogens is 264 g/mol. The third-order valence-electron chi connectivity index (χ3n) is 8.54. The summed E-state index contributed by atoms with van der Waals surface area (Å²) in [5.41, 5.74) is 2.52. The Morgan fingerprint density at radius 1 is 1.05 bits per heavy atom. The molecule has 0 aromatic rings. The molecule has 0 aromatic carbocycles. The minimum Gasteiger partial charge on any atom is -0.0996 e. The second kappa shape index (κ2) is 5.67. The van der Waals surface area contributed by atoms with E-state index in [0.717, 1.165) is 29.6 Å². The van der Waals surface area contributed by atoms with Crippen LogP contribution in [-0.4, -0.2) is 0 Å². The highest BCUT2D eigenvalue weighted by Gasteiger charge is 2.54. The van der Waals surface area contributed by atoms with Crippen molar-refractivity contribution in [1.29, 1.82) is 0 Å². The zero-order valence-corrected chi connectivity index (χ0v) is 15.8. The lowest BCUT2D eigenvalue weighted by molar-refractivity contribution is -0.0964. The fourth-order valence-electron chi connectivity index (χ4n) is 7.21. The second-order valence-electron chi connectivity index (χ2n) is 9.76. The molecule has 0 aliphatic heterocycles. The third-order valence-corrected chi connectivity index (χ3v) is 8.54. The smallest absolute Gasteiger partial charge is 0.00908 e. The van der Waals surface area contributed by atoms with Gasteiger partial charge in [-0.2, -0.15) is 0 Å². The van der Waals surface area contributed by atoms with Crippen LogP contribution >= 0.6 is 0 Å². The molecule has 126 valence electrons. The summed E-state index contributed by atoms with van der Waals surface area (Å²) in [6, 6.07) is 0. The molecule has 0 saturated heterocycles. The van der Waals surface area contributed by atoms with Crippen molar-refractivity contribution < 1.29 is 0 Å². The van der Waals surface area contributed by atoms with Crippen LogP contribution in [0.3, 0.4) is 0 Å². The molecular formula is C22H38. The molecule has 0 amide bonds. The Labute approximate surface area is 139 Å². The summed E-state index contributed by atoms with van der Waals surface area (Å²) in [4.78, 5) is 0. The van der Waals surface area contributed by atoms with Gasteiger partial charge in [0.05, 0.1) is 0 Å². The summed E-state index contributed by atoms with van der Waals surface area (Å²) in [7, 11) is 0. The van der Waals surface area contributed by atoms with E-state index < -0.39 is 0 Å². The van der Waals surface area contributed by atoms with Crippen LogP contribution < -0.4 is 0 Å². The minimum absolute atomic E-state index is 0.408. The molecule has 3 aliphatic rings. The fourth-order valence-corrected chi connectivity index (χ4v) is 7.21. The van der Waals surface area contributed by atoms with Crippen LogP contribution in [0, 0.1) is 40.4 Å². The van der Waals surface area contributed by atoms with Crippen LogP contribution in [-0.2, 0) is 0 Å². The van der Waals surface area contributed by atoms with Gasteiger partial charge in [0.15, 0.2) is 0 Å². The molecule has 0 bridgehead atoms. The zero-order valence-electron chi connectivity index (χ0n) is 15.8. The predicted molar refractivity (Wildman–Crippen MR) is 96.8 cm³/mol. The highest BCUT2D eigenvalue weighted by atomic mass is 14.6. The molecule has 0 nitrogen and oxygen atoms in total. The van der Waals surface area contributed by atoms with Crippen molar-refractivity contribution in [2.45, 2.75) is 86.0 Å². The van der Waals surface area contributed by atoms with Crippen molar-refractivity contribution in [1.82, 2.24) is 0 Å². The molecule has 3 aliphatic carbocycles. The van der Waals surface area contributed by atoms with Gasteiger partial charge in [0.2, 0.25) is 0 Å². The minimum atomic E-state index is 0.408. The molecule has 7 atom stereocenters. The van der Waals surface area contributed by atoms with E-state index in [1.807, 2.05) is 0 Å². The maximum absolute atomic E-state index is 4.39. The SMILES string of the molecule is C=C(C)C1(C)CCC2C(CCC3(C)CC(C)CCC23)C1CC. The van der Waals surface area contributed by atoms with E-state index in [1.54, 1.807) is 0 Å². The first-order valence-corrected chi connectivity index (χ1v) is 9.98. The van der Waals surface area contributed by atoms with Gasteiger partial charge in [-0.1, -0.05) is 52.7 Å². The Hall–Kier alpha value is -0.260. The van der Waals surface area contributed by atoms with Crippen LogP contribution in [0.15, 0.2) is 12.2 Å². The Morgan fingerprint density at radius 2 is 1.73 bits per heavy atom. The molecule has 3 fully saturated rings. The summed E-state index contributed by atoms with van der Waals surface area (Å²) in [5.74, 6) is 4.86. The lowest BCUT2D eigenvalue weighted by Crippen LogP contribution is -2.52. The van der Waals surface area contributed by atoms with Crippen molar-refractivity contribution in [3.8, 4) is 0 Å². The molecule has 22 heavy (non-hydrogen) atoms. The number of allylic oxidation sites excluding steroid dienone is 1. The van der Waals surface area contributed by atoms with Crippen LogP contribution in [0.25, 0.3) is 0 Å². The molecule has 0 heterocycles. The van der Waals surface area contributed by atoms with Gasteiger partial charge >= 0.3 is 0 Å². The van der Waals surface area contributed by atoms with Crippen molar-refractivity contribution in [2.24, 2.45) is 40.4 Å². The van der Waals surface area contributed by atoms with E-state index >= 15 is 0 Å². The molecule has 0 radical (unpaired) electrons. The van der Waals surface area contributed by atoms with E-state index in [4.69, 9.17) is 0 Å². The van der Waals surface area contributed by atoms with E-state index in [1.165, 1.54) is 56.9 Å². The van der Waals surface area contributed by atoms with Gasteiger partial charge in [-0.3, -0.25) is 0 Å². The number of rotatable bonds is 2. The van der Waals surface area contributed by atoms with Gasteiger partial charge in [0.25, 0.3) is 0 Å². The monoisotopic (exact) mass is 302 g/mol. The first-order valence-electron chi connectivity index (χ1n) is 9.98. The van der Waals surface area contributed by atoms with Crippen molar-refractivity contribution in [3.05, 3.63) is 12.2 Å². The Kier molecular flexibility index (Phi) is 4.28. The number of hydrogen-bond acceptors (Lipinski definition) is 0. The molecule has 3 saturated carbocycles. The first-order chi connectivity index (χ1) is 10.3. The normalized spacial score (nSPS) is 51.8. The van der Waals surface area contributed by atoms with E-state index in [2.05, 4.69) is 41.2 Å². The van der Waals surface area contributed by atoms with E-state index in [9.17, 15) is 0 Å². The Balaban J connectivity index is 1.87. The first kappa shape index (κ1) is 16.6. The van der Waals surface area contributed by atoms with Gasteiger partial charge in [0.1, 0.15) is 0 Å². The van der Waals surface area contributed by atoms with Gasteiger partial charge < -0.3 is 0 Å². The van der Waals surface area contributed by atoms with Crippen LogP contribution in [0.5, 0.6) is 0 Å². The molecule has 3 rings (SSSR count). The van der Waals surface area contributed by atoms with Crippen molar-refractivity contribution in [3.63, 3.8) is 0 Å². The van der Waals surface area contributed by atoms with Crippen molar-refractivity contribution >= 4 is 0 Å². The molecule has 0 aromatic heterocycles. The van der Waals surface area contributed by atoms with Gasteiger partial charge in [-0.15, -0.1) is 0 Å². The predicted octanol–water partition coefficient (Wildman–Crippen LogP) is 6.86. The topological polar surface area (TPSA) is 0 Å². The third kappa shape index (κ3) is 2.40. The van der Waals surface area contributed by atoms with E-state index in [-0.39, 0.29) is 0 Å². The summed E-state index contributed by atoms with van der Waals surface area (Å²) < 4.78 is 0. The zero-order chi connectivity index (χ0) is 16.1. The maximum atomic E-state index is 4.39. The maximum Gasteiger partial charge on any atom is -0.00908 e. The average molecular weight is 303 g/mol. The van der Waals surface area contributed by atoms with Gasteiger partial charge in [0, 0.05) is 0 Å². The number of hydrogen-bond donors (Lipinski definition) is 0. The molecule has 0 spiro atoms. The molecule has 0 heteroatoms. The van der Waals surface area contributed by atoms with Crippen LogP contribution in [0.2, 0.25) is 0 Å². The largest absolute Gasteiger partial charge is 0.0996 e. The van der Waals surface area contributed by atoms with Crippen molar-refractivity contribution in [2.75, 3.05) is 0 Å². The van der Waals surface area contributed by atoms with Crippen LogP contribution in [0.1, 0.15) is 86.0 Å². The lowest BCUT2D eigenvalue weighted by atomic mass is 9.45. The van der Waals surface area contributed by atoms with Gasteiger partial charge in [-0.25, -0.2) is 0 Å². The standard InChI is InChI=1S/C22H38/c1-7-19-17-10-12-21(5)14-16(4)8-9-20(21)18(17)11-13-22(19,6)15(2)3/h16-20H,2,7-14H2,1,3-6H3. The highest BCUT2D eigenvalue weighted by molar-refractivity contribution is 5.14. The summed E-state index contributed by atoms with van der Waals surface area (Å²) in [5, 5.41) is 0.